The van der Waals surface area contributed by atoms with E-state index in [2.05, 4.69) is 11.4 Å². The Hall–Kier alpha value is -2.20. The van der Waals surface area contributed by atoms with E-state index in [4.69, 9.17) is 23.2 Å². The molecule has 0 radical (unpaired) electrons. The summed E-state index contributed by atoms with van der Waals surface area (Å²) in [4.78, 5) is 12.2. The minimum Gasteiger partial charge on any atom is -0.480 e. The first-order valence-electron chi connectivity index (χ1n) is 9.71. The Balaban J connectivity index is 2.38. The summed E-state index contributed by atoms with van der Waals surface area (Å²) in [6.45, 7) is 5.79. The van der Waals surface area contributed by atoms with E-state index in [9.17, 15) is 19.6 Å². The van der Waals surface area contributed by atoms with Crippen molar-refractivity contribution in [3.8, 4) is 6.07 Å². The van der Waals surface area contributed by atoms with Gasteiger partial charge in [0.1, 0.15) is 23.1 Å². The number of nitriles is 1. The molecule has 0 aliphatic carbocycles. The number of halogens is 4. The molecule has 31 heavy (non-hydrogen) atoms. The molecule has 0 saturated carbocycles. The van der Waals surface area contributed by atoms with Crippen LogP contribution in [0.25, 0.3) is 0 Å². The van der Waals surface area contributed by atoms with E-state index in [1.165, 1.54) is 24.3 Å². The molecular formula is C23H22Cl2F2N2O2. The third-order valence-electron chi connectivity index (χ3n) is 5.69. The Morgan fingerprint density at radius 3 is 2.32 bits per heavy atom. The predicted molar refractivity (Wildman–Crippen MR) is 115 cm³/mol. The van der Waals surface area contributed by atoms with E-state index in [0.717, 1.165) is 12.1 Å². The molecule has 2 aromatic rings. The van der Waals surface area contributed by atoms with Crippen LogP contribution in [0.1, 0.15) is 44.2 Å². The fraction of sp³-hybridized carbons (Fsp3) is 0.391. The maximum absolute atomic E-state index is 15.2. The number of rotatable bonds is 4. The summed E-state index contributed by atoms with van der Waals surface area (Å²) < 4.78 is 30.2. The van der Waals surface area contributed by atoms with Gasteiger partial charge in [0.2, 0.25) is 0 Å². The summed E-state index contributed by atoms with van der Waals surface area (Å²) in [6.07, 6.45) is 0.338. The van der Waals surface area contributed by atoms with Gasteiger partial charge in [0.05, 0.1) is 6.07 Å². The Bertz CT molecular complexity index is 1060. The smallest absolute Gasteiger partial charge is 0.321 e. The van der Waals surface area contributed by atoms with E-state index in [1.807, 2.05) is 20.8 Å². The number of hydrogen-bond donors (Lipinski definition) is 2. The fourth-order valence-corrected chi connectivity index (χ4v) is 4.88. The Labute approximate surface area is 189 Å². The van der Waals surface area contributed by atoms with Crippen molar-refractivity contribution in [3.05, 3.63) is 69.2 Å². The van der Waals surface area contributed by atoms with Gasteiger partial charge in [0.15, 0.2) is 0 Å². The van der Waals surface area contributed by atoms with Gasteiger partial charge in [-0.2, -0.15) is 5.26 Å². The lowest BCUT2D eigenvalue weighted by Crippen LogP contribution is -2.44. The van der Waals surface area contributed by atoms with Gasteiger partial charge in [-0.15, -0.1) is 0 Å². The molecule has 1 aliphatic rings. The molecule has 0 bridgehead atoms. The SMILES string of the molecule is CC(C)(C)CC1NC(C(=O)O)C(c2cc(Cl)ccc2F)C1(C#N)c1ccc(Cl)cc1F. The number of benzene rings is 2. The first kappa shape index (κ1) is 23.5. The molecule has 1 heterocycles. The van der Waals surface area contributed by atoms with Crippen LogP contribution in [-0.2, 0) is 10.2 Å². The molecule has 0 amide bonds. The van der Waals surface area contributed by atoms with E-state index in [0.29, 0.717) is 6.42 Å². The highest BCUT2D eigenvalue weighted by Crippen LogP contribution is 2.52. The summed E-state index contributed by atoms with van der Waals surface area (Å²) in [6, 6.07) is 7.71. The summed E-state index contributed by atoms with van der Waals surface area (Å²) in [7, 11) is 0. The highest BCUT2D eigenvalue weighted by atomic mass is 35.5. The molecule has 164 valence electrons. The van der Waals surface area contributed by atoms with E-state index in [1.54, 1.807) is 0 Å². The molecular weight excluding hydrogens is 445 g/mol. The fourth-order valence-electron chi connectivity index (χ4n) is 4.54. The molecule has 1 fully saturated rings. The molecule has 0 aromatic heterocycles. The Morgan fingerprint density at radius 2 is 1.77 bits per heavy atom. The maximum atomic E-state index is 15.2. The van der Waals surface area contributed by atoms with Crippen LogP contribution in [0.3, 0.4) is 0 Å². The highest BCUT2D eigenvalue weighted by Gasteiger charge is 2.61. The quantitative estimate of drug-likeness (QED) is 0.607. The average Bonchev–Trinajstić information content (AvgIpc) is 2.97. The summed E-state index contributed by atoms with van der Waals surface area (Å²) in [5.41, 5.74) is -2.15. The third-order valence-corrected chi connectivity index (χ3v) is 6.16. The number of carboxylic acids is 1. The van der Waals surface area contributed by atoms with Gasteiger partial charge in [-0.1, -0.05) is 50.0 Å². The van der Waals surface area contributed by atoms with Crippen LogP contribution >= 0.6 is 23.2 Å². The van der Waals surface area contributed by atoms with Crippen molar-refractivity contribution in [1.29, 1.82) is 5.26 Å². The molecule has 4 nitrogen and oxygen atoms in total. The normalized spacial score (nSPS) is 25.9. The summed E-state index contributed by atoms with van der Waals surface area (Å²) in [5, 5.41) is 23.8. The lowest BCUT2D eigenvalue weighted by molar-refractivity contribution is -0.139. The van der Waals surface area contributed by atoms with E-state index >= 15 is 4.39 Å². The molecule has 4 unspecified atom stereocenters. The molecule has 2 N–H and O–H groups in total. The largest absolute Gasteiger partial charge is 0.480 e. The average molecular weight is 467 g/mol. The van der Waals surface area contributed by atoms with Gasteiger partial charge in [-0.05, 0) is 47.7 Å². The third kappa shape index (κ3) is 4.27. The van der Waals surface area contributed by atoms with Crippen LogP contribution < -0.4 is 5.32 Å². The second kappa shape index (κ2) is 8.38. The lowest BCUT2D eigenvalue weighted by atomic mass is 9.62. The van der Waals surface area contributed by atoms with Crippen LogP contribution in [-0.4, -0.2) is 23.2 Å². The number of carbonyl (C=O) groups is 1. The van der Waals surface area contributed by atoms with Crippen molar-refractivity contribution >= 4 is 29.2 Å². The van der Waals surface area contributed by atoms with Crippen molar-refractivity contribution in [2.45, 2.75) is 50.6 Å². The van der Waals surface area contributed by atoms with Crippen molar-refractivity contribution in [3.63, 3.8) is 0 Å². The molecule has 3 rings (SSSR count). The lowest BCUT2D eigenvalue weighted by Gasteiger charge is -2.37. The van der Waals surface area contributed by atoms with E-state index < -0.39 is 41.0 Å². The molecule has 1 saturated heterocycles. The number of aliphatic carboxylic acids is 1. The minimum absolute atomic E-state index is 0.0331. The Morgan fingerprint density at radius 1 is 1.16 bits per heavy atom. The second-order valence-electron chi connectivity index (χ2n) is 9.05. The van der Waals surface area contributed by atoms with Crippen molar-refractivity contribution in [2.75, 3.05) is 0 Å². The van der Waals surface area contributed by atoms with Crippen molar-refractivity contribution in [1.82, 2.24) is 5.32 Å². The molecule has 4 atom stereocenters. The molecule has 1 aliphatic heterocycles. The monoisotopic (exact) mass is 466 g/mol. The molecule has 2 aromatic carbocycles. The standard InChI is InChI=1S/C23H22Cl2F2N2O2/c1-22(2,3)10-18-23(11-28,15-6-4-13(25)9-17(15)27)19(20(29-18)21(30)31)14-8-12(24)5-7-16(14)26/h4-9,18-20,29H,10H2,1-3H3,(H,30,31). The zero-order valence-corrected chi connectivity index (χ0v) is 18.7. The van der Waals surface area contributed by atoms with Crippen LogP contribution in [0.15, 0.2) is 36.4 Å². The van der Waals surface area contributed by atoms with Gasteiger partial charge < -0.3 is 5.11 Å². The Kier molecular flexibility index (Phi) is 6.35. The van der Waals surface area contributed by atoms with Gasteiger partial charge in [0.25, 0.3) is 0 Å². The first-order valence-corrected chi connectivity index (χ1v) is 10.5. The maximum Gasteiger partial charge on any atom is 0.321 e. The number of carboxylic acid groups (broad SMARTS) is 1. The summed E-state index contributed by atoms with van der Waals surface area (Å²) in [5.74, 6) is -3.98. The van der Waals surface area contributed by atoms with Crippen LogP contribution in [0.2, 0.25) is 10.0 Å². The van der Waals surface area contributed by atoms with Crippen LogP contribution in [0.4, 0.5) is 8.78 Å². The number of hydrogen-bond acceptors (Lipinski definition) is 3. The van der Waals surface area contributed by atoms with Crippen molar-refractivity contribution < 1.29 is 18.7 Å². The zero-order chi connectivity index (χ0) is 23.1. The van der Waals surface area contributed by atoms with Crippen LogP contribution in [0, 0.1) is 28.4 Å². The number of nitrogens with zero attached hydrogens (tertiary/aromatic N) is 1. The van der Waals surface area contributed by atoms with Gasteiger partial charge in [-0.3, -0.25) is 10.1 Å². The van der Waals surface area contributed by atoms with E-state index in [-0.39, 0.29) is 26.6 Å². The van der Waals surface area contributed by atoms with Crippen molar-refractivity contribution in [2.24, 2.45) is 5.41 Å². The highest BCUT2D eigenvalue weighted by molar-refractivity contribution is 6.30. The second-order valence-corrected chi connectivity index (χ2v) is 9.92. The minimum atomic E-state index is -1.73. The first-order chi connectivity index (χ1) is 14.4. The van der Waals surface area contributed by atoms with Gasteiger partial charge >= 0.3 is 5.97 Å². The molecule has 0 spiro atoms. The summed E-state index contributed by atoms with van der Waals surface area (Å²) >= 11 is 12.0. The zero-order valence-electron chi connectivity index (χ0n) is 17.2. The predicted octanol–water partition coefficient (Wildman–Crippen LogP) is 5.68. The van der Waals surface area contributed by atoms with Gasteiger partial charge in [-0.25, -0.2) is 8.78 Å². The number of nitrogens with one attached hydrogen (secondary N) is 1. The van der Waals surface area contributed by atoms with Crippen LogP contribution in [0.5, 0.6) is 0 Å². The molecule has 8 heteroatoms. The topological polar surface area (TPSA) is 73.1 Å². The van der Waals surface area contributed by atoms with Gasteiger partial charge in [0, 0.05) is 27.6 Å².